The van der Waals surface area contributed by atoms with Crippen LogP contribution in [0.25, 0.3) is 0 Å². The summed E-state index contributed by atoms with van der Waals surface area (Å²) in [5.74, 6) is -3.25. The fourth-order valence-electron chi connectivity index (χ4n) is 0.902. The van der Waals surface area contributed by atoms with Crippen molar-refractivity contribution in [2.75, 3.05) is 0 Å². The Bertz CT molecular complexity index is 395. The zero-order valence-electron chi connectivity index (χ0n) is 7.01. The Morgan fingerprint density at radius 3 is 2.53 bits per heavy atom. The molecule has 3 nitrogen and oxygen atoms in total. The third kappa shape index (κ3) is 2.76. The van der Waals surface area contributed by atoms with Crippen molar-refractivity contribution < 1.29 is 27.8 Å². The molecule has 0 aliphatic heterocycles. The second-order valence-corrected chi connectivity index (χ2v) is 2.83. The van der Waals surface area contributed by atoms with E-state index in [1.165, 1.54) is 0 Å². The molecule has 0 fully saturated rings. The van der Waals surface area contributed by atoms with Gasteiger partial charge in [-0.05, 0) is 6.07 Å². The van der Waals surface area contributed by atoms with E-state index in [1.54, 1.807) is 0 Å². The number of halogens is 4. The topological polar surface area (TPSA) is 46.5 Å². The van der Waals surface area contributed by atoms with Gasteiger partial charge >= 0.3 is 12.6 Å². The summed E-state index contributed by atoms with van der Waals surface area (Å²) < 4.78 is 40.2. The zero-order chi connectivity index (χ0) is 11.6. The lowest BCUT2D eigenvalue weighted by Gasteiger charge is -2.08. The van der Waals surface area contributed by atoms with Crippen molar-refractivity contribution in [3.63, 3.8) is 0 Å². The minimum absolute atomic E-state index is 0.566. The number of alkyl halides is 2. The number of benzene rings is 1. The summed E-state index contributed by atoms with van der Waals surface area (Å²) in [6.45, 7) is -3.20. The van der Waals surface area contributed by atoms with Crippen LogP contribution >= 0.6 is 11.6 Å². The number of hydrogen-bond acceptors (Lipinski definition) is 2. The number of carboxylic acids is 1. The molecule has 0 saturated heterocycles. The molecular formula is C8H4ClF3O3. The van der Waals surface area contributed by atoms with Crippen molar-refractivity contribution >= 4 is 17.6 Å². The van der Waals surface area contributed by atoms with E-state index in [2.05, 4.69) is 4.74 Å². The third-order valence-electron chi connectivity index (χ3n) is 1.45. The molecule has 0 aliphatic rings. The Morgan fingerprint density at radius 1 is 1.47 bits per heavy atom. The molecule has 0 saturated carbocycles. The maximum Gasteiger partial charge on any atom is 0.387 e. The summed E-state index contributed by atoms with van der Waals surface area (Å²) in [7, 11) is 0. The summed E-state index contributed by atoms with van der Waals surface area (Å²) >= 11 is 5.41. The van der Waals surface area contributed by atoms with Crippen LogP contribution in [0.1, 0.15) is 10.4 Å². The SMILES string of the molecule is O=C(O)c1cc(F)cc(OC(F)F)c1Cl. The molecule has 1 aromatic rings. The maximum absolute atomic E-state index is 12.8. The number of carboxylic acid groups (broad SMARTS) is 1. The lowest BCUT2D eigenvalue weighted by atomic mass is 10.2. The molecule has 0 radical (unpaired) electrons. The highest BCUT2D eigenvalue weighted by atomic mass is 35.5. The number of ether oxygens (including phenoxy) is 1. The summed E-state index contributed by atoms with van der Waals surface area (Å²) in [4.78, 5) is 10.5. The first-order valence-corrected chi connectivity index (χ1v) is 3.96. The quantitative estimate of drug-likeness (QED) is 0.884. The average molecular weight is 241 g/mol. The fourth-order valence-corrected chi connectivity index (χ4v) is 1.14. The van der Waals surface area contributed by atoms with E-state index in [0.717, 1.165) is 0 Å². The van der Waals surface area contributed by atoms with Crippen molar-refractivity contribution in [2.24, 2.45) is 0 Å². The van der Waals surface area contributed by atoms with Gasteiger partial charge < -0.3 is 9.84 Å². The lowest BCUT2D eigenvalue weighted by Crippen LogP contribution is -2.06. The lowest BCUT2D eigenvalue weighted by molar-refractivity contribution is -0.0500. The van der Waals surface area contributed by atoms with Crippen molar-refractivity contribution in [2.45, 2.75) is 6.61 Å². The Balaban J connectivity index is 3.22. The van der Waals surface area contributed by atoms with Crippen LogP contribution in [0.3, 0.4) is 0 Å². The minimum atomic E-state index is -3.20. The van der Waals surface area contributed by atoms with Crippen LogP contribution in [0.2, 0.25) is 5.02 Å². The van der Waals surface area contributed by atoms with Crippen LogP contribution in [0.5, 0.6) is 5.75 Å². The zero-order valence-corrected chi connectivity index (χ0v) is 7.76. The van der Waals surface area contributed by atoms with Gasteiger partial charge in [0.1, 0.15) is 11.6 Å². The van der Waals surface area contributed by atoms with Crippen LogP contribution in [-0.2, 0) is 0 Å². The summed E-state index contributed by atoms with van der Waals surface area (Å²) in [5.41, 5.74) is -0.632. The van der Waals surface area contributed by atoms with E-state index in [9.17, 15) is 18.0 Å². The van der Waals surface area contributed by atoms with Crippen molar-refractivity contribution in [1.82, 2.24) is 0 Å². The largest absolute Gasteiger partial charge is 0.478 e. The number of aromatic carboxylic acids is 1. The highest BCUT2D eigenvalue weighted by Crippen LogP contribution is 2.30. The molecule has 0 heterocycles. The van der Waals surface area contributed by atoms with Crippen molar-refractivity contribution in [3.05, 3.63) is 28.5 Å². The molecule has 0 spiro atoms. The number of hydrogen-bond donors (Lipinski definition) is 1. The summed E-state index contributed by atoms with van der Waals surface area (Å²) in [6, 6.07) is 1.20. The predicted molar refractivity (Wildman–Crippen MR) is 45.0 cm³/mol. The average Bonchev–Trinajstić information content (AvgIpc) is 2.09. The Labute approximate surface area is 87.0 Å². The molecule has 15 heavy (non-hydrogen) atoms. The summed E-state index contributed by atoms with van der Waals surface area (Å²) in [6.07, 6.45) is 0. The standard InChI is InChI=1S/C8H4ClF3O3/c9-6-4(7(13)14)1-3(10)2-5(6)15-8(11)12/h1-2,8H,(H,13,14). The Morgan fingerprint density at radius 2 is 2.07 bits per heavy atom. The molecule has 1 N–H and O–H groups in total. The monoisotopic (exact) mass is 240 g/mol. The molecule has 0 aliphatic carbocycles. The van der Waals surface area contributed by atoms with Gasteiger partial charge in [0.2, 0.25) is 0 Å². The normalized spacial score (nSPS) is 10.5. The first-order chi connectivity index (χ1) is 6.91. The van der Waals surface area contributed by atoms with Crippen molar-refractivity contribution in [1.29, 1.82) is 0 Å². The van der Waals surface area contributed by atoms with Crippen LogP contribution in [0.15, 0.2) is 12.1 Å². The molecule has 1 aromatic carbocycles. The molecule has 0 amide bonds. The van der Waals surface area contributed by atoms with Gasteiger partial charge in [-0.25, -0.2) is 9.18 Å². The molecular weight excluding hydrogens is 237 g/mol. The Kier molecular flexibility index (Phi) is 3.41. The van der Waals surface area contributed by atoms with Crippen LogP contribution in [0, 0.1) is 5.82 Å². The van der Waals surface area contributed by atoms with Crippen LogP contribution in [-0.4, -0.2) is 17.7 Å². The molecule has 0 atom stereocenters. The molecule has 7 heteroatoms. The first-order valence-electron chi connectivity index (χ1n) is 3.59. The third-order valence-corrected chi connectivity index (χ3v) is 1.84. The van der Waals surface area contributed by atoms with Crippen LogP contribution in [0.4, 0.5) is 13.2 Å². The van der Waals surface area contributed by atoms with Crippen molar-refractivity contribution in [3.8, 4) is 5.75 Å². The molecule has 0 aromatic heterocycles. The molecule has 82 valence electrons. The van der Waals surface area contributed by atoms with E-state index in [4.69, 9.17) is 16.7 Å². The second-order valence-electron chi connectivity index (χ2n) is 2.45. The smallest absolute Gasteiger partial charge is 0.387 e. The minimum Gasteiger partial charge on any atom is -0.478 e. The van der Waals surface area contributed by atoms with Gasteiger partial charge in [-0.3, -0.25) is 0 Å². The number of rotatable bonds is 3. The number of carbonyl (C=O) groups is 1. The predicted octanol–water partition coefficient (Wildman–Crippen LogP) is 2.78. The molecule has 0 unspecified atom stereocenters. The van der Waals surface area contributed by atoms with Gasteiger partial charge in [-0.2, -0.15) is 8.78 Å². The van der Waals surface area contributed by atoms with Gasteiger partial charge in [-0.15, -0.1) is 0 Å². The Hall–Kier alpha value is -1.43. The maximum atomic E-state index is 12.8. The van der Waals surface area contributed by atoms with Gasteiger partial charge in [-0.1, -0.05) is 11.6 Å². The highest BCUT2D eigenvalue weighted by molar-refractivity contribution is 6.34. The van der Waals surface area contributed by atoms with E-state index < -0.39 is 34.7 Å². The van der Waals surface area contributed by atoms with Crippen LogP contribution < -0.4 is 4.74 Å². The fraction of sp³-hybridized carbons (Fsp3) is 0.125. The van der Waals surface area contributed by atoms with E-state index in [-0.39, 0.29) is 0 Å². The highest BCUT2D eigenvalue weighted by Gasteiger charge is 2.18. The summed E-state index contributed by atoms with van der Waals surface area (Å²) in [5, 5.41) is 7.99. The van der Waals surface area contributed by atoms with E-state index >= 15 is 0 Å². The molecule has 0 bridgehead atoms. The van der Waals surface area contributed by atoms with Gasteiger partial charge in [0.05, 0.1) is 10.6 Å². The van der Waals surface area contributed by atoms with E-state index in [0.29, 0.717) is 12.1 Å². The van der Waals surface area contributed by atoms with E-state index in [1.807, 2.05) is 0 Å². The first kappa shape index (κ1) is 11.6. The van der Waals surface area contributed by atoms with Gasteiger partial charge in [0, 0.05) is 6.07 Å². The second kappa shape index (κ2) is 4.39. The molecule has 1 rings (SSSR count). The van der Waals surface area contributed by atoms with Gasteiger partial charge in [0.15, 0.2) is 0 Å². The van der Waals surface area contributed by atoms with Gasteiger partial charge in [0.25, 0.3) is 0 Å².